The Morgan fingerprint density at radius 1 is 0.978 bits per heavy atom. The predicted octanol–water partition coefficient (Wildman–Crippen LogP) is 6.69. The van der Waals surface area contributed by atoms with E-state index in [1.54, 1.807) is 6.07 Å². The summed E-state index contributed by atoms with van der Waals surface area (Å²) in [5, 5.41) is 7.43. The van der Waals surface area contributed by atoms with Crippen LogP contribution in [-0.2, 0) is 20.8 Å². The number of ether oxygens (including phenoxy) is 2. The number of piperidine rings is 1. The van der Waals surface area contributed by atoms with Crippen LogP contribution >= 0.6 is 23.2 Å². The number of hydrazone groups is 1. The minimum absolute atomic E-state index is 0.0115. The zero-order valence-electron chi connectivity index (χ0n) is 26.6. The van der Waals surface area contributed by atoms with E-state index in [4.69, 9.17) is 42.6 Å². The van der Waals surface area contributed by atoms with Crippen molar-refractivity contribution in [2.75, 3.05) is 25.6 Å². The standard InChI is InChI=1S/C33H44Cl2N6O4/c1-5-27-14-29(15-28(6-2)41(27)33(43)45-30-9-7-22(8-10-30)31(42)44-4)40(19-21-11-25(34)13-26(35)12-21)32-36-16-23(17-37-32)24-18-38-39(3)20-24/h11-13,16-18,22,24,27-30H,5-10,14-15,19-20H2,1-4H3/t22?,24?,27-,28+,29?,30?. The van der Waals surface area contributed by atoms with Gasteiger partial charge in [0.2, 0.25) is 5.95 Å². The Morgan fingerprint density at radius 2 is 1.60 bits per heavy atom. The van der Waals surface area contributed by atoms with E-state index in [-0.39, 0.29) is 48.1 Å². The van der Waals surface area contributed by atoms with Gasteiger partial charge in [-0.05, 0) is 80.7 Å². The van der Waals surface area contributed by atoms with Crippen molar-refractivity contribution < 1.29 is 19.1 Å². The molecule has 10 nitrogen and oxygen atoms in total. The van der Waals surface area contributed by atoms with Crippen molar-refractivity contribution in [1.82, 2.24) is 19.9 Å². The van der Waals surface area contributed by atoms with E-state index < -0.39 is 0 Å². The highest BCUT2D eigenvalue weighted by Crippen LogP contribution is 2.35. The summed E-state index contributed by atoms with van der Waals surface area (Å²) in [5.74, 6) is 0.494. The SMILES string of the molecule is CC[C@@H]1CC(N(Cc2cc(Cl)cc(Cl)c2)c2ncc(C3C=NN(C)C3)cn2)C[C@H](CC)N1C(=O)OC1CCC(C(=O)OC)CC1. The molecule has 1 saturated heterocycles. The van der Waals surface area contributed by atoms with Gasteiger partial charge in [-0.1, -0.05) is 37.0 Å². The molecule has 2 aromatic rings. The predicted molar refractivity (Wildman–Crippen MR) is 176 cm³/mol. The van der Waals surface area contributed by atoms with Gasteiger partial charge in [0.1, 0.15) is 6.10 Å². The molecule has 0 radical (unpaired) electrons. The first-order valence-corrected chi connectivity index (χ1v) is 16.8. The number of likely N-dealkylation sites (N-methyl/N-ethyl adjacent to an activating group) is 1. The lowest BCUT2D eigenvalue weighted by Crippen LogP contribution is -2.57. The van der Waals surface area contributed by atoms with Gasteiger partial charge in [-0.25, -0.2) is 14.8 Å². The molecule has 2 fully saturated rings. The third-order valence-corrected chi connectivity index (χ3v) is 9.90. The fourth-order valence-corrected chi connectivity index (χ4v) is 7.58. The van der Waals surface area contributed by atoms with Crippen LogP contribution in [0.15, 0.2) is 35.7 Å². The van der Waals surface area contributed by atoms with Gasteiger partial charge in [0, 0.05) is 72.8 Å². The quantitative estimate of drug-likeness (QED) is 0.275. The smallest absolute Gasteiger partial charge is 0.410 e. The van der Waals surface area contributed by atoms with Crippen molar-refractivity contribution in [3.63, 3.8) is 0 Å². The molecule has 0 N–H and O–H groups in total. The Hall–Kier alpha value is -3.11. The summed E-state index contributed by atoms with van der Waals surface area (Å²) < 4.78 is 11.0. The number of carbonyl (C=O) groups excluding carboxylic acids is 2. The number of methoxy groups -OCH3 is 1. The molecule has 5 rings (SSSR count). The van der Waals surface area contributed by atoms with Gasteiger partial charge in [0.05, 0.1) is 13.0 Å². The second-order valence-corrected chi connectivity index (χ2v) is 13.3. The van der Waals surface area contributed by atoms with Crippen molar-refractivity contribution in [1.29, 1.82) is 0 Å². The van der Waals surface area contributed by atoms with Gasteiger partial charge in [-0.15, -0.1) is 0 Å². The van der Waals surface area contributed by atoms with Gasteiger partial charge in [0.25, 0.3) is 0 Å². The highest BCUT2D eigenvalue weighted by Gasteiger charge is 2.41. The number of aromatic nitrogens is 2. The average molecular weight is 660 g/mol. The normalized spacial score (nSPS) is 26.5. The summed E-state index contributed by atoms with van der Waals surface area (Å²) >= 11 is 12.8. The van der Waals surface area contributed by atoms with Crippen LogP contribution in [0.4, 0.5) is 10.7 Å². The first-order valence-electron chi connectivity index (χ1n) is 16.0. The molecule has 4 atom stereocenters. The van der Waals surface area contributed by atoms with Crippen LogP contribution in [0.25, 0.3) is 0 Å². The molecule has 0 spiro atoms. The zero-order valence-corrected chi connectivity index (χ0v) is 28.1. The van der Waals surface area contributed by atoms with E-state index in [2.05, 4.69) is 23.8 Å². The molecule has 1 amide bonds. The van der Waals surface area contributed by atoms with Crippen LogP contribution < -0.4 is 4.90 Å². The molecule has 12 heteroatoms. The van der Waals surface area contributed by atoms with Gasteiger partial charge < -0.3 is 19.3 Å². The summed E-state index contributed by atoms with van der Waals surface area (Å²) in [6.07, 6.45) is 11.0. The topological polar surface area (TPSA) is 100 Å². The second-order valence-electron chi connectivity index (χ2n) is 12.5. The van der Waals surface area contributed by atoms with Gasteiger partial charge in [-0.3, -0.25) is 9.80 Å². The van der Waals surface area contributed by atoms with E-state index >= 15 is 0 Å². The minimum Gasteiger partial charge on any atom is -0.469 e. The summed E-state index contributed by atoms with van der Waals surface area (Å²) in [5.41, 5.74) is 1.99. The molecule has 244 valence electrons. The molecular formula is C33H44Cl2N6O4. The molecule has 2 aliphatic heterocycles. The average Bonchev–Trinajstić information content (AvgIpc) is 3.48. The number of hydrogen-bond donors (Lipinski definition) is 0. The van der Waals surface area contributed by atoms with Crippen molar-refractivity contribution in [3.05, 3.63) is 51.8 Å². The van der Waals surface area contributed by atoms with E-state index in [9.17, 15) is 9.59 Å². The summed E-state index contributed by atoms with van der Waals surface area (Å²) in [6.45, 7) is 5.56. The molecule has 3 aliphatic rings. The number of hydrogen-bond acceptors (Lipinski definition) is 9. The maximum atomic E-state index is 13.7. The number of halogens is 2. The molecular weight excluding hydrogens is 615 g/mol. The number of esters is 1. The van der Waals surface area contributed by atoms with Crippen LogP contribution in [0.3, 0.4) is 0 Å². The molecule has 45 heavy (non-hydrogen) atoms. The van der Waals surface area contributed by atoms with Crippen LogP contribution in [0.2, 0.25) is 10.0 Å². The number of rotatable bonds is 9. The fraction of sp³-hybridized carbons (Fsp3) is 0.606. The van der Waals surface area contributed by atoms with Crippen LogP contribution in [0.1, 0.15) is 82.3 Å². The summed E-state index contributed by atoms with van der Waals surface area (Å²) in [7, 11) is 3.38. The Morgan fingerprint density at radius 3 is 2.13 bits per heavy atom. The monoisotopic (exact) mass is 658 g/mol. The molecule has 2 unspecified atom stereocenters. The largest absolute Gasteiger partial charge is 0.469 e. The Kier molecular flexibility index (Phi) is 11.1. The fourth-order valence-electron chi connectivity index (χ4n) is 7.01. The highest BCUT2D eigenvalue weighted by molar-refractivity contribution is 6.34. The highest BCUT2D eigenvalue weighted by atomic mass is 35.5. The van der Waals surface area contributed by atoms with E-state index in [0.29, 0.717) is 48.2 Å². The lowest BCUT2D eigenvalue weighted by Gasteiger charge is -2.47. The maximum Gasteiger partial charge on any atom is 0.410 e. The molecule has 1 aromatic heterocycles. The van der Waals surface area contributed by atoms with Crippen molar-refractivity contribution in [2.24, 2.45) is 11.0 Å². The van der Waals surface area contributed by atoms with Crippen LogP contribution in [0.5, 0.6) is 0 Å². The van der Waals surface area contributed by atoms with E-state index in [0.717, 1.165) is 43.4 Å². The summed E-state index contributed by atoms with van der Waals surface area (Å²) in [6, 6.07) is 5.63. The number of carbonyl (C=O) groups is 2. The minimum atomic E-state index is -0.259. The molecule has 0 bridgehead atoms. The third kappa shape index (κ3) is 8.01. The molecule has 3 heterocycles. The number of benzene rings is 1. The zero-order chi connectivity index (χ0) is 32.1. The number of anilines is 1. The van der Waals surface area contributed by atoms with Crippen LogP contribution in [0, 0.1) is 5.92 Å². The van der Waals surface area contributed by atoms with Gasteiger partial charge in [0.15, 0.2) is 0 Å². The molecule has 1 aromatic carbocycles. The van der Waals surface area contributed by atoms with Crippen molar-refractivity contribution >= 4 is 47.4 Å². The number of nitrogens with zero attached hydrogens (tertiary/aromatic N) is 6. The van der Waals surface area contributed by atoms with Gasteiger partial charge in [-0.2, -0.15) is 5.10 Å². The van der Waals surface area contributed by atoms with E-state index in [1.165, 1.54) is 7.11 Å². The maximum absolute atomic E-state index is 13.7. The third-order valence-electron chi connectivity index (χ3n) is 9.47. The summed E-state index contributed by atoms with van der Waals surface area (Å²) in [4.78, 5) is 39.6. The first kappa shape index (κ1) is 33.3. The lowest BCUT2D eigenvalue weighted by atomic mass is 9.87. The van der Waals surface area contributed by atoms with Gasteiger partial charge >= 0.3 is 12.1 Å². The lowest BCUT2D eigenvalue weighted by molar-refractivity contribution is -0.147. The first-order chi connectivity index (χ1) is 21.7. The van der Waals surface area contributed by atoms with E-state index in [1.807, 2.05) is 47.7 Å². The van der Waals surface area contributed by atoms with Crippen LogP contribution in [-0.4, -0.2) is 83.1 Å². The second kappa shape index (κ2) is 15.0. The van der Waals surface area contributed by atoms with Crippen molar-refractivity contribution in [3.8, 4) is 0 Å². The number of likely N-dealkylation sites (tertiary alicyclic amines) is 1. The molecule has 1 saturated carbocycles. The Balaban J connectivity index is 1.35. The number of amides is 1. The molecule has 1 aliphatic carbocycles. The Bertz CT molecular complexity index is 1320. The Labute approximate surface area is 276 Å². The van der Waals surface area contributed by atoms with Crippen molar-refractivity contribution in [2.45, 2.75) is 102 Å².